The third kappa shape index (κ3) is 3.08. The number of nitrogens with two attached hydrogens (primary N) is 1. The van der Waals surface area contributed by atoms with Crippen molar-refractivity contribution < 1.29 is 8.42 Å². The zero-order valence-corrected chi connectivity index (χ0v) is 12.2. The Kier molecular flexibility index (Phi) is 4.13. The fraction of sp³-hybridized carbons (Fsp3) is 0.538. The summed E-state index contributed by atoms with van der Waals surface area (Å²) in [5.74, 6) is 0.570. The summed E-state index contributed by atoms with van der Waals surface area (Å²) in [4.78, 5) is 0.305. The van der Waals surface area contributed by atoms with Crippen molar-refractivity contribution in [3.8, 4) is 0 Å². The zero-order valence-electron chi connectivity index (χ0n) is 11.3. The van der Waals surface area contributed by atoms with Crippen molar-refractivity contribution in [2.45, 2.75) is 23.8 Å². The van der Waals surface area contributed by atoms with E-state index in [9.17, 15) is 8.42 Å². The first-order valence-corrected chi connectivity index (χ1v) is 7.89. The Bertz CT molecular complexity index is 539. The second-order valence-corrected chi connectivity index (χ2v) is 7.23. The molecule has 3 N–H and O–H groups in total. The number of nitrogens with zero attached hydrogens (tertiary/aromatic N) is 1. The van der Waals surface area contributed by atoms with Crippen LogP contribution >= 0.6 is 0 Å². The third-order valence-electron chi connectivity index (χ3n) is 3.43. The van der Waals surface area contributed by atoms with Gasteiger partial charge in [-0.15, -0.1) is 0 Å². The van der Waals surface area contributed by atoms with Crippen LogP contribution in [-0.2, 0) is 10.0 Å². The van der Waals surface area contributed by atoms with E-state index >= 15 is 0 Å². The normalized spacial score (nSPS) is 17.5. The monoisotopic (exact) mass is 283 g/mol. The SMILES string of the molecule is CN(C)S(=O)(=O)c1ccccc1NC(CN)C1CC1. The quantitative estimate of drug-likeness (QED) is 0.819. The van der Waals surface area contributed by atoms with Gasteiger partial charge in [-0.3, -0.25) is 0 Å². The number of para-hydroxylation sites is 1. The van der Waals surface area contributed by atoms with Gasteiger partial charge in [0.1, 0.15) is 4.90 Å². The molecule has 1 fully saturated rings. The molecule has 2 rings (SSSR count). The van der Waals surface area contributed by atoms with Gasteiger partial charge >= 0.3 is 0 Å². The molecule has 106 valence electrons. The number of hydrogen-bond donors (Lipinski definition) is 2. The molecule has 0 aromatic heterocycles. The Morgan fingerprint density at radius 2 is 2.00 bits per heavy atom. The summed E-state index contributed by atoms with van der Waals surface area (Å²) in [7, 11) is -0.366. The molecule has 1 saturated carbocycles. The van der Waals surface area contributed by atoms with E-state index < -0.39 is 10.0 Å². The molecule has 0 bridgehead atoms. The van der Waals surface area contributed by atoms with Gasteiger partial charge in [-0.05, 0) is 30.9 Å². The number of nitrogens with one attached hydrogen (secondary N) is 1. The van der Waals surface area contributed by atoms with Gasteiger partial charge in [-0.2, -0.15) is 0 Å². The Balaban J connectivity index is 2.30. The van der Waals surface area contributed by atoms with Crippen molar-refractivity contribution in [3.05, 3.63) is 24.3 Å². The molecule has 0 radical (unpaired) electrons. The third-order valence-corrected chi connectivity index (χ3v) is 5.30. The maximum absolute atomic E-state index is 12.3. The molecule has 1 atom stereocenters. The second-order valence-electron chi connectivity index (χ2n) is 5.11. The molecule has 0 spiro atoms. The van der Waals surface area contributed by atoms with E-state index in [4.69, 9.17) is 5.73 Å². The van der Waals surface area contributed by atoms with E-state index in [2.05, 4.69) is 5.32 Å². The maximum atomic E-state index is 12.3. The van der Waals surface area contributed by atoms with Crippen LogP contribution in [0.4, 0.5) is 5.69 Å². The molecular formula is C13H21N3O2S. The van der Waals surface area contributed by atoms with Crippen LogP contribution in [0.3, 0.4) is 0 Å². The summed E-state index contributed by atoms with van der Waals surface area (Å²) in [6.07, 6.45) is 2.33. The first-order chi connectivity index (χ1) is 8.96. The van der Waals surface area contributed by atoms with Gasteiger partial charge in [0.15, 0.2) is 0 Å². The first-order valence-electron chi connectivity index (χ1n) is 6.45. The minimum atomic E-state index is -3.44. The van der Waals surface area contributed by atoms with Crippen LogP contribution in [0.25, 0.3) is 0 Å². The van der Waals surface area contributed by atoms with Crippen LogP contribution in [0.2, 0.25) is 0 Å². The lowest BCUT2D eigenvalue weighted by atomic mass is 10.1. The lowest BCUT2D eigenvalue weighted by molar-refractivity contribution is 0.520. The Morgan fingerprint density at radius 3 is 2.53 bits per heavy atom. The van der Waals surface area contributed by atoms with Gasteiger partial charge in [0.05, 0.1) is 5.69 Å². The fourth-order valence-corrected chi connectivity index (χ4v) is 3.12. The largest absolute Gasteiger partial charge is 0.380 e. The van der Waals surface area contributed by atoms with Gasteiger partial charge in [-0.1, -0.05) is 12.1 Å². The standard InChI is InChI=1S/C13H21N3O2S/c1-16(2)19(17,18)13-6-4-3-5-11(13)15-12(9-14)10-7-8-10/h3-6,10,12,15H,7-9,14H2,1-2H3. The predicted molar refractivity (Wildman–Crippen MR) is 76.5 cm³/mol. The highest BCUT2D eigenvalue weighted by molar-refractivity contribution is 7.89. The smallest absolute Gasteiger partial charge is 0.244 e. The zero-order chi connectivity index (χ0) is 14.0. The van der Waals surface area contributed by atoms with Crippen LogP contribution in [0.15, 0.2) is 29.2 Å². The van der Waals surface area contributed by atoms with E-state index in [1.165, 1.54) is 18.4 Å². The van der Waals surface area contributed by atoms with Crippen LogP contribution < -0.4 is 11.1 Å². The summed E-state index contributed by atoms with van der Waals surface area (Å²) in [5, 5.41) is 3.29. The number of anilines is 1. The lowest BCUT2D eigenvalue weighted by Crippen LogP contribution is -2.32. The number of benzene rings is 1. The van der Waals surface area contributed by atoms with Crippen LogP contribution in [-0.4, -0.2) is 39.4 Å². The average Bonchev–Trinajstić information content (AvgIpc) is 3.20. The second kappa shape index (κ2) is 5.48. The molecule has 1 aliphatic carbocycles. The van der Waals surface area contributed by atoms with Crippen molar-refractivity contribution in [1.82, 2.24) is 4.31 Å². The summed E-state index contributed by atoms with van der Waals surface area (Å²) in [6.45, 7) is 0.515. The molecule has 1 aromatic carbocycles. The average molecular weight is 283 g/mol. The van der Waals surface area contributed by atoms with Gasteiger partial charge in [0, 0.05) is 26.7 Å². The summed E-state index contributed by atoms with van der Waals surface area (Å²) < 4.78 is 25.7. The van der Waals surface area contributed by atoms with Crippen molar-refractivity contribution in [1.29, 1.82) is 0 Å². The molecule has 0 heterocycles. The Hall–Kier alpha value is -1.11. The molecule has 1 aliphatic rings. The molecule has 0 aliphatic heterocycles. The Morgan fingerprint density at radius 1 is 1.37 bits per heavy atom. The minimum absolute atomic E-state index is 0.151. The Labute approximate surface area is 114 Å². The highest BCUT2D eigenvalue weighted by Gasteiger charge is 2.31. The van der Waals surface area contributed by atoms with Crippen molar-refractivity contribution in [2.24, 2.45) is 11.7 Å². The van der Waals surface area contributed by atoms with Crippen LogP contribution in [0, 0.1) is 5.92 Å². The lowest BCUT2D eigenvalue weighted by Gasteiger charge is -2.21. The molecule has 1 unspecified atom stereocenters. The topological polar surface area (TPSA) is 75.4 Å². The highest BCUT2D eigenvalue weighted by Crippen LogP contribution is 2.35. The number of hydrogen-bond acceptors (Lipinski definition) is 4. The van der Waals surface area contributed by atoms with E-state index in [-0.39, 0.29) is 6.04 Å². The molecule has 6 heteroatoms. The molecule has 19 heavy (non-hydrogen) atoms. The van der Waals surface area contributed by atoms with E-state index in [1.54, 1.807) is 18.2 Å². The molecule has 5 nitrogen and oxygen atoms in total. The fourth-order valence-electron chi connectivity index (χ4n) is 2.08. The van der Waals surface area contributed by atoms with Crippen molar-refractivity contribution in [2.75, 3.05) is 26.0 Å². The number of rotatable bonds is 6. The van der Waals surface area contributed by atoms with E-state index in [0.29, 0.717) is 23.0 Å². The van der Waals surface area contributed by atoms with E-state index in [0.717, 1.165) is 12.8 Å². The number of sulfonamides is 1. The highest BCUT2D eigenvalue weighted by atomic mass is 32.2. The summed E-state index contributed by atoms with van der Waals surface area (Å²) in [6, 6.07) is 7.13. The molecule has 0 saturated heterocycles. The van der Waals surface area contributed by atoms with Crippen LogP contribution in [0.1, 0.15) is 12.8 Å². The molecule has 0 amide bonds. The van der Waals surface area contributed by atoms with Gasteiger partial charge in [0.25, 0.3) is 0 Å². The van der Waals surface area contributed by atoms with E-state index in [1.807, 2.05) is 6.07 Å². The summed E-state index contributed by atoms with van der Waals surface area (Å²) >= 11 is 0. The van der Waals surface area contributed by atoms with Crippen molar-refractivity contribution in [3.63, 3.8) is 0 Å². The first kappa shape index (κ1) is 14.3. The van der Waals surface area contributed by atoms with Gasteiger partial charge < -0.3 is 11.1 Å². The van der Waals surface area contributed by atoms with Crippen LogP contribution in [0.5, 0.6) is 0 Å². The summed E-state index contributed by atoms with van der Waals surface area (Å²) in [5.41, 5.74) is 6.40. The predicted octanol–water partition coefficient (Wildman–Crippen LogP) is 1.09. The van der Waals surface area contributed by atoms with Gasteiger partial charge in [-0.25, -0.2) is 12.7 Å². The molecule has 1 aromatic rings. The maximum Gasteiger partial charge on any atom is 0.244 e. The van der Waals surface area contributed by atoms with Crippen molar-refractivity contribution >= 4 is 15.7 Å². The molecular weight excluding hydrogens is 262 g/mol. The van der Waals surface area contributed by atoms with Gasteiger partial charge in [0.2, 0.25) is 10.0 Å². The minimum Gasteiger partial charge on any atom is -0.380 e.